The van der Waals surface area contributed by atoms with Crippen LogP contribution in [0.1, 0.15) is 12.0 Å². The Morgan fingerprint density at radius 3 is 2.93 bits per heavy atom. The maximum absolute atomic E-state index is 3.96. The second-order valence-corrected chi connectivity index (χ2v) is 3.63. The second-order valence-electron chi connectivity index (χ2n) is 3.63. The lowest BCUT2D eigenvalue weighted by Gasteiger charge is -2.02. The SMILES string of the molecule is [NH3+]CCCc1cccc(-c2ccn[nH]2)c1. The third-order valence-electron chi connectivity index (χ3n) is 2.45. The van der Waals surface area contributed by atoms with Crippen LogP contribution in [0.25, 0.3) is 11.3 Å². The van der Waals surface area contributed by atoms with Gasteiger partial charge in [-0.05, 0) is 29.7 Å². The zero-order chi connectivity index (χ0) is 10.5. The van der Waals surface area contributed by atoms with Gasteiger partial charge < -0.3 is 5.73 Å². The van der Waals surface area contributed by atoms with E-state index in [0.717, 1.165) is 25.1 Å². The van der Waals surface area contributed by atoms with Gasteiger partial charge in [0.05, 0.1) is 12.2 Å². The monoisotopic (exact) mass is 202 g/mol. The molecule has 0 aliphatic rings. The van der Waals surface area contributed by atoms with E-state index in [1.807, 2.05) is 6.07 Å². The first-order chi connectivity index (χ1) is 7.40. The molecule has 0 aliphatic heterocycles. The van der Waals surface area contributed by atoms with E-state index in [1.165, 1.54) is 11.1 Å². The number of hydrogen-bond acceptors (Lipinski definition) is 1. The molecule has 2 rings (SSSR count). The largest absolute Gasteiger partial charge is 0.358 e. The van der Waals surface area contributed by atoms with Gasteiger partial charge in [0.1, 0.15) is 0 Å². The van der Waals surface area contributed by atoms with Crippen molar-refractivity contribution in [2.75, 3.05) is 6.54 Å². The number of aromatic nitrogens is 2. The number of hydrogen-bond donors (Lipinski definition) is 2. The Morgan fingerprint density at radius 2 is 2.20 bits per heavy atom. The summed E-state index contributed by atoms with van der Waals surface area (Å²) in [6.45, 7) is 0.994. The second kappa shape index (κ2) is 4.75. The lowest BCUT2D eigenvalue weighted by Crippen LogP contribution is -2.50. The van der Waals surface area contributed by atoms with Crippen molar-refractivity contribution in [3.05, 3.63) is 42.1 Å². The Hall–Kier alpha value is -1.61. The number of benzene rings is 1. The zero-order valence-electron chi connectivity index (χ0n) is 8.74. The maximum Gasteiger partial charge on any atom is 0.0743 e. The number of quaternary nitrogens is 1. The van der Waals surface area contributed by atoms with Crippen LogP contribution in [0.15, 0.2) is 36.5 Å². The number of nitrogens with one attached hydrogen (secondary N) is 1. The molecule has 1 aromatic carbocycles. The Labute approximate surface area is 89.3 Å². The van der Waals surface area contributed by atoms with Crippen LogP contribution in [0, 0.1) is 0 Å². The summed E-state index contributed by atoms with van der Waals surface area (Å²) >= 11 is 0. The van der Waals surface area contributed by atoms with Crippen molar-refractivity contribution < 1.29 is 5.73 Å². The highest BCUT2D eigenvalue weighted by molar-refractivity contribution is 5.59. The highest BCUT2D eigenvalue weighted by Crippen LogP contribution is 2.17. The van der Waals surface area contributed by atoms with E-state index >= 15 is 0 Å². The summed E-state index contributed by atoms with van der Waals surface area (Å²) in [6.07, 6.45) is 4.02. The van der Waals surface area contributed by atoms with E-state index in [2.05, 4.69) is 40.2 Å². The van der Waals surface area contributed by atoms with Crippen LogP contribution >= 0.6 is 0 Å². The Kier molecular flexibility index (Phi) is 3.15. The molecule has 0 spiro atoms. The summed E-state index contributed by atoms with van der Waals surface area (Å²) in [5.41, 5.74) is 7.50. The van der Waals surface area contributed by atoms with Crippen LogP contribution < -0.4 is 5.73 Å². The van der Waals surface area contributed by atoms with E-state index in [0.29, 0.717) is 0 Å². The van der Waals surface area contributed by atoms with Gasteiger partial charge >= 0.3 is 0 Å². The smallest absolute Gasteiger partial charge is 0.0743 e. The predicted molar refractivity (Wildman–Crippen MR) is 60.1 cm³/mol. The Morgan fingerprint density at radius 1 is 1.27 bits per heavy atom. The zero-order valence-corrected chi connectivity index (χ0v) is 8.74. The average molecular weight is 202 g/mol. The molecule has 2 aromatic rings. The van der Waals surface area contributed by atoms with Gasteiger partial charge in [0, 0.05) is 12.6 Å². The Bertz CT molecular complexity index is 407. The molecule has 0 radical (unpaired) electrons. The van der Waals surface area contributed by atoms with Crippen molar-refractivity contribution in [3.8, 4) is 11.3 Å². The molecule has 0 aliphatic carbocycles. The van der Waals surface area contributed by atoms with Gasteiger partial charge in [-0.2, -0.15) is 5.10 Å². The van der Waals surface area contributed by atoms with Gasteiger partial charge in [-0.3, -0.25) is 5.10 Å². The molecule has 15 heavy (non-hydrogen) atoms. The molecule has 0 bridgehead atoms. The third-order valence-corrected chi connectivity index (χ3v) is 2.45. The summed E-state index contributed by atoms with van der Waals surface area (Å²) < 4.78 is 0. The van der Waals surface area contributed by atoms with Crippen molar-refractivity contribution >= 4 is 0 Å². The fourth-order valence-electron chi connectivity index (χ4n) is 1.64. The van der Waals surface area contributed by atoms with Gasteiger partial charge in [0.15, 0.2) is 0 Å². The molecule has 0 unspecified atom stereocenters. The molecule has 3 nitrogen and oxygen atoms in total. The topological polar surface area (TPSA) is 56.3 Å². The van der Waals surface area contributed by atoms with Crippen molar-refractivity contribution in [2.24, 2.45) is 0 Å². The first-order valence-electron chi connectivity index (χ1n) is 5.28. The average Bonchev–Trinajstić information content (AvgIpc) is 2.80. The van der Waals surface area contributed by atoms with Crippen LogP contribution in [0.2, 0.25) is 0 Å². The molecular formula is C12H16N3+. The van der Waals surface area contributed by atoms with E-state index in [9.17, 15) is 0 Å². The van der Waals surface area contributed by atoms with Gasteiger partial charge in [0.2, 0.25) is 0 Å². The minimum Gasteiger partial charge on any atom is -0.358 e. The van der Waals surface area contributed by atoms with Crippen molar-refractivity contribution in [1.29, 1.82) is 0 Å². The van der Waals surface area contributed by atoms with E-state index in [4.69, 9.17) is 0 Å². The van der Waals surface area contributed by atoms with Crippen LogP contribution in [0.3, 0.4) is 0 Å². The van der Waals surface area contributed by atoms with Crippen LogP contribution in [-0.4, -0.2) is 16.7 Å². The number of nitrogens with zero attached hydrogens (tertiary/aromatic N) is 1. The van der Waals surface area contributed by atoms with Gasteiger partial charge in [-0.15, -0.1) is 0 Å². The lowest BCUT2D eigenvalue weighted by molar-refractivity contribution is -0.368. The van der Waals surface area contributed by atoms with Crippen molar-refractivity contribution in [2.45, 2.75) is 12.8 Å². The summed E-state index contributed by atoms with van der Waals surface area (Å²) in [5.74, 6) is 0. The molecule has 1 aromatic heterocycles. The van der Waals surface area contributed by atoms with Gasteiger partial charge in [0.25, 0.3) is 0 Å². The molecule has 0 amide bonds. The number of H-pyrrole nitrogens is 1. The molecule has 0 fully saturated rings. The molecule has 3 heteroatoms. The third kappa shape index (κ3) is 2.44. The fourth-order valence-corrected chi connectivity index (χ4v) is 1.64. The summed E-state index contributed by atoms with van der Waals surface area (Å²) in [6, 6.07) is 10.6. The van der Waals surface area contributed by atoms with Crippen LogP contribution in [-0.2, 0) is 6.42 Å². The van der Waals surface area contributed by atoms with Gasteiger partial charge in [-0.25, -0.2) is 0 Å². The quantitative estimate of drug-likeness (QED) is 0.770. The summed E-state index contributed by atoms with van der Waals surface area (Å²) in [7, 11) is 0. The molecule has 0 atom stereocenters. The van der Waals surface area contributed by atoms with Crippen molar-refractivity contribution in [1.82, 2.24) is 10.2 Å². The predicted octanol–water partition coefficient (Wildman–Crippen LogP) is 1.25. The minimum atomic E-state index is 0.994. The summed E-state index contributed by atoms with van der Waals surface area (Å²) in [5, 5.41) is 6.93. The van der Waals surface area contributed by atoms with Crippen molar-refractivity contribution in [3.63, 3.8) is 0 Å². The highest BCUT2D eigenvalue weighted by atomic mass is 15.1. The number of rotatable bonds is 4. The molecule has 78 valence electrons. The molecular weight excluding hydrogens is 186 g/mol. The van der Waals surface area contributed by atoms with E-state index < -0.39 is 0 Å². The van der Waals surface area contributed by atoms with Gasteiger partial charge in [-0.1, -0.05) is 18.2 Å². The first kappa shape index (κ1) is 9.93. The number of aryl methyl sites for hydroxylation is 1. The Balaban J connectivity index is 2.19. The van der Waals surface area contributed by atoms with E-state index in [-0.39, 0.29) is 0 Å². The first-order valence-corrected chi connectivity index (χ1v) is 5.28. The standard InChI is InChI=1S/C12H15N3/c13-7-2-4-10-3-1-5-11(9-10)12-6-8-14-15-12/h1,3,5-6,8-9H,2,4,7,13H2,(H,14,15)/p+1. The van der Waals surface area contributed by atoms with E-state index in [1.54, 1.807) is 6.20 Å². The molecule has 0 saturated carbocycles. The summed E-state index contributed by atoms with van der Waals surface area (Å²) in [4.78, 5) is 0. The van der Waals surface area contributed by atoms with Crippen LogP contribution in [0.5, 0.6) is 0 Å². The molecule has 1 heterocycles. The lowest BCUT2D eigenvalue weighted by atomic mass is 10.0. The molecule has 4 N–H and O–H groups in total. The molecule has 0 saturated heterocycles. The highest BCUT2D eigenvalue weighted by Gasteiger charge is 2.00. The minimum absolute atomic E-state index is 0.994. The fraction of sp³-hybridized carbons (Fsp3) is 0.250. The normalized spacial score (nSPS) is 10.5. The maximum atomic E-state index is 3.96. The van der Waals surface area contributed by atoms with Crippen LogP contribution in [0.4, 0.5) is 0 Å². The number of aromatic amines is 1.